The molecular weight excluding hydrogens is 408 g/mol. The lowest BCUT2D eigenvalue weighted by molar-refractivity contribution is -0.275. The van der Waals surface area contributed by atoms with Crippen LogP contribution >= 0.6 is 0 Å². The van der Waals surface area contributed by atoms with Crippen LogP contribution in [0.1, 0.15) is 12.8 Å². The largest absolute Gasteiger partial charge is 0.573 e. The van der Waals surface area contributed by atoms with E-state index in [1.54, 1.807) is 6.07 Å². The Morgan fingerprint density at radius 2 is 1.97 bits per heavy atom. The molecule has 1 saturated heterocycles. The fraction of sp³-hybridized carbons (Fsp3) is 0.421. The Morgan fingerprint density at radius 1 is 1.23 bits per heavy atom. The van der Waals surface area contributed by atoms with Crippen molar-refractivity contribution in [2.24, 2.45) is 5.92 Å². The van der Waals surface area contributed by atoms with E-state index in [0.717, 1.165) is 12.1 Å². The van der Waals surface area contributed by atoms with Gasteiger partial charge in [-0.2, -0.15) is 0 Å². The summed E-state index contributed by atoms with van der Waals surface area (Å²) >= 11 is 0. The summed E-state index contributed by atoms with van der Waals surface area (Å²) in [6.07, 6.45) is -2.47. The molecule has 0 spiro atoms. The highest BCUT2D eigenvalue weighted by Gasteiger charge is 2.32. The smallest absolute Gasteiger partial charge is 0.403 e. The van der Waals surface area contributed by atoms with Gasteiger partial charge in [0.15, 0.2) is 11.6 Å². The highest BCUT2D eigenvalue weighted by Crippen LogP contribution is 2.30. The van der Waals surface area contributed by atoms with Crippen LogP contribution in [0.3, 0.4) is 0 Å². The van der Waals surface area contributed by atoms with Gasteiger partial charge in [-0.25, -0.2) is 14.4 Å². The number of carbonyl (C=O) groups is 1. The summed E-state index contributed by atoms with van der Waals surface area (Å²) in [5.41, 5.74) is 0.629. The zero-order valence-corrected chi connectivity index (χ0v) is 15.8. The van der Waals surface area contributed by atoms with Gasteiger partial charge in [0.2, 0.25) is 5.91 Å². The van der Waals surface area contributed by atoms with Gasteiger partial charge in [-0.05, 0) is 31.0 Å². The Morgan fingerprint density at radius 3 is 2.60 bits per heavy atom. The Bertz CT molecular complexity index is 886. The van der Waals surface area contributed by atoms with Crippen molar-refractivity contribution in [3.05, 3.63) is 36.4 Å². The minimum absolute atomic E-state index is 0.0938. The number of halogens is 4. The maximum absolute atomic E-state index is 14.0. The molecule has 1 aromatic carbocycles. The fourth-order valence-electron chi connectivity index (χ4n) is 3.24. The van der Waals surface area contributed by atoms with Crippen molar-refractivity contribution in [1.82, 2.24) is 15.3 Å². The van der Waals surface area contributed by atoms with Crippen LogP contribution in [-0.4, -0.2) is 53.6 Å². The van der Waals surface area contributed by atoms with Gasteiger partial charge in [-0.1, -0.05) is 0 Å². The second kappa shape index (κ2) is 9.24. The molecule has 7 nitrogen and oxygen atoms in total. The molecule has 0 saturated carbocycles. The van der Waals surface area contributed by atoms with E-state index in [1.165, 1.54) is 12.4 Å². The lowest BCUT2D eigenvalue weighted by atomic mass is 9.96. The van der Waals surface area contributed by atoms with Crippen LogP contribution < -0.4 is 15.0 Å². The molecule has 0 unspecified atom stereocenters. The third kappa shape index (κ3) is 5.56. The van der Waals surface area contributed by atoms with Crippen molar-refractivity contribution < 1.29 is 32.2 Å². The van der Waals surface area contributed by atoms with Crippen LogP contribution in [-0.2, 0) is 4.79 Å². The van der Waals surface area contributed by atoms with Gasteiger partial charge >= 0.3 is 6.36 Å². The summed E-state index contributed by atoms with van der Waals surface area (Å²) < 4.78 is 54.5. The molecule has 30 heavy (non-hydrogen) atoms. The molecule has 2 aromatic rings. The summed E-state index contributed by atoms with van der Waals surface area (Å²) in [5, 5.41) is 11.5. The van der Waals surface area contributed by atoms with E-state index < -0.39 is 17.9 Å². The van der Waals surface area contributed by atoms with E-state index >= 15 is 0 Å². The first-order valence-corrected chi connectivity index (χ1v) is 9.28. The third-order valence-electron chi connectivity index (χ3n) is 4.71. The summed E-state index contributed by atoms with van der Waals surface area (Å²) in [7, 11) is 0. The molecule has 2 N–H and O–H groups in total. The van der Waals surface area contributed by atoms with Crippen LogP contribution in [0.2, 0.25) is 0 Å². The Labute approximate surface area is 169 Å². The molecular formula is C19H20F4N4O3. The number of hydrogen-bond donors (Lipinski definition) is 2. The van der Waals surface area contributed by atoms with Crippen molar-refractivity contribution in [2.75, 3.05) is 31.1 Å². The number of aliphatic hydroxyl groups excluding tert-OH is 1. The van der Waals surface area contributed by atoms with Gasteiger partial charge in [-0.15, -0.1) is 13.2 Å². The van der Waals surface area contributed by atoms with Gasteiger partial charge in [0, 0.05) is 37.2 Å². The van der Waals surface area contributed by atoms with E-state index in [2.05, 4.69) is 20.0 Å². The second-order valence-electron chi connectivity index (χ2n) is 6.73. The molecule has 1 aliphatic heterocycles. The number of rotatable bonds is 6. The molecule has 0 aliphatic carbocycles. The van der Waals surface area contributed by atoms with Gasteiger partial charge in [0.25, 0.3) is 0 Å². The topological polar surface area (TPSA) is 87.6 Å². The van der Waals surface area contributed by atoms with E-state index in [0.29, 0.717) is 37.4 Å². The second-order valence-corrected chi connectivity index (χ2v) is 6.73. The predicted octanol–water partition coefficient (Wildman–Crippen LogP) is 2.51. The number of alkyl halides is 3. The van der Waals surface area contributed by atoms with Crippen LogP contribution in [0.5, 0.6) is 5.75 Å². The number of hydrogen-bond acceptors (Lipinski definition) is 6. The molecule has 11 heteroatoms. The summed E-state index contributed by atoms with van der Waals surface area (Å²) in [5.74, 6) is -1.74. The molecule has 0 bridgehead atoms. The molecule has 0 radical (unpaired) electrons. The minimum Gasteiger partial charge on any atom is -0.403 e. The Hall–Kier alpha value is -2.95. The van der Waals surface area contributed by atoms with Crippen molar-refractivity contribution >= 4 is 11.7 Å². The van der Waals surface area contributed by atoms with Crippen molar-refractivity contribution in [2.45, 2.75) is 19.2 Å². The SMILES string of the molecule is O=C(NCCO)C1CCN(c2cc(-c3ccc(OC(F)(F)F)c(F)c3)ncn2)CC1. The minimum atomic E-state index is -4.98. The number of amides is 1. The van der Waals surface area contributed by atoms with E-state index in [4.69, 9.17) is 5.11 Å². The standard InChI is InChI=1S/C19H20F4N4O3/c20-14-9-13(1-2-16(14)30-19(21,22)23)15-10-17(26-11-25-15)27-6-3-12(4-7-27)18(29)24-5-8-28/h1-2,9-12,28H,3-8H2,(H,24,29). The highest BCUT2D eigenvalue weighted by atomic mass is 19.4. The number of anilines is 1. The average Bonchev–Trinajstić information content (AvgIpc) is 2.73. The summed E-state index contributed by atoms with van der Waals surface area (Å²) in [4.78, 5) is 22.2. The lowest BCUT2D eigenvalue weighted by Crippen LogP contribution is -2.41. The quantitative estimate of drug-likeness (QED) is 0.688. The number of nitrogens with zero attached hydrogens (tertiary/aromatic N) is 3. The summed E-state index contributed by atoms with van der Waals surface area (Å²) in [6, 6.07) is 4.72. The van der Waals surface area contributed by atoms with Crippen molar-refractivity contribution in [3.8, 4) is 17.0 Å². The number of aliphatic hydroxyl groups is 1. The zero-order valence-electron chi connectivity index (χ0n) is 15.8. The predicted molar refractivity (Wildman–Crippen MR) is 99.1 cm³/mol. The first-order valence-electron chi connectivity index (χ1n) is 9.28. The first kappa shape index (κ1) is 21.8. The average molecular weight is 428 g/mol. The maximum Gasteiger partial charge on any atom is 0.573 e. The highest BCUT2D eigenvalue weighted by molar-refractivity contribution is 5.79. The van der Waals surface area contributed by atoms with Gasteiger partial charge in [-0.3, -0.25) is 4.79 Å². The van der Waals surface area contributed by atoms with E-state index in [9.17, 15) is 22.4 Å². The number of ether oxygens (including phenoxy) is 1. The molecule has 162 valence electrons. The van der Waals surface area contributed by atoms with E-state index in [1.807, 2.05) is 4.90 Å². The monoisotopic (exact) mass is 428 g/mol. The van der Waals surface area contributed by atoms with Gasteiger partial charge in [0.05, 0.1) is 12.3 Å². The van der Waals surface area contributed by atoms with Crippen molar-refractivity contribution in [3.63, 3.8) is 0 Å². The molecule has 1 aromatic heterocycles. The zero-order chi connectivity index (χ0) is 21.7. The van der Waals surface area contributed by atoms with Crippen LogP contribution in [0.25, 0.3) is 11.3 Å². The number of aromatic nitrogens is 2. The molecule has 2 heterocycles. The molecule has 3 rings (SSSR count). The first-order chi connectivity index (χ1) is 14.3. The van der Waals surface area contributed by atoms with E-state index in [-0.39, 0.29) is 30.5 Å². The Kier molecular flexibility index (Phi) is 6.70. The Balaban J connectivity index is 1.68. The molecule has 1 amide bonds. The molecule has 1 aliphatic rings. The number of carbonyl (C=O) groups excluding carboxylic acids is 1. The number of piperidine rings is 1. The van der Waals surface area contributed by atoms with Gasteiger partial charge in [0.1, 0.15) is 12.1 Å². The molecule has 0 atom stereocenters. The third-order valence-corrected chi connectivity index (χ3v) is 4.71. The fourth-order valence-corrected chi connectivity index (χ4v) is 3.24. The normalized spacial score (nSPS) is 15.2. The van der Waals surface area contributed by atoms with Crippen LogP contribution in [0.15, 0.2) is 30.6 Å². The lowest BCUT2D eigenvalue weighted by Gasteiger charge is -2.32. The van der Waals surface area contributed by atoms with Gasteiger partial charge < -0.3 is 20.1 Å². The van der Waals surface area contributed by atoms with Crippen LogP contribution in [0.4, 0.5) is 23.4 Å². The van der Waals surface area contributed by atoms with Crippen LogP contribution in [0, 0.1) is 11.7 Å². The summed E-state index contributed by atoms with van der Waals surface area (Å²) in [6.45, 7) is 1.25. The maximum atomic E-state index is 14.0. The van der Waals surface area contributed by atoms with Crippen molar-refractivity contribution in [1.29, 1.82) is 0 Å². The molecule has 1 fully saturated rings. The number of nitrogens with one attached hydrogen (secondary N) is 1. The number of benzene rings is 1.